The van der Waals surface area contributed by atoms with Crippen LogP contribution < -0.4 is 5.73 Å². The van der Waals surface area contributed by atoms with E-state index in [0.717, 1.165) is 11.1 Å². The first kappa shape index (κ1) is 13.7. The van der Waals surface area contributed by atoms with Gasteiger partial charge in [0, 0.05) is 12.0 Å². The molecule has 0 aliphatic carbocycles. The second-order valence-corrected chi connectivity index (χ2v) is 4.81. The molecule has 2 aromatic carbocycles. The minimum absolute atomic E-state index is 0.356. The number of aryl methyl sites for hydroxylation is 1. The van der Waals surface area contributed by atoms with Crippen LogP contribution in [0.5, 0.6) is 0 Å². The highest BCUT2D eigenvalue weighted by molar-refractivity contribution is 5.27. The van der Waals surface area contributed by atoms with Gasteiger partial charge in [-0.1, -0.05) is 42.5 Å². The number of hydrogen-bond donors (Lipinski definition) is 2. The molecule has 3 N–H and O–H groups in total. The number of aliphatic hydroxyl groups excluding tert-OH is 1. The zero-order valence-electron chi connectivity index (χ0n) is 10.9. The van der Waals surface area contributed by atoms with Crippen LogP contribution in [0.4, 0.5) is 4.39 Å². The van der Waals surface area contributed by atoms with Gasteiger partial charge >= 0.3 is 0 Å². The fourth-order valence-corrected chi connectivity index (χ4v) is 2.09. The molecule has 0 spiro atoms. The smallest absolute Gasteiger partial charge is 0.128 e. The van der Waals surface area contributed by atoms with E-state index in [4.69, 9.17) is 5.73 Å². The molecule has 0 unspecified atom stereocenters. The Hall–Kier alpha value is -1.71. The molecule has 0 aliphatic rings. The predicted octanol–water partition coefficient (Wildman–Crippen LogP) is 2.74. The zero-order valence-corrected chi connectivity index (χ0v) is 10.9. The lowest BCUT2D eigenvalue weighted by atomic mass is 9.96. The summed E-state index contributed by atoms with van der Waals surface area (Å²) in [5.41, 5.74) is 8.13. The summed E-state index contributed by atoms with van der Waals surface area (Å²) in [6.07, 6.45) is -0.394. The molecule has 0 aliphatic heterocycles. The Morgan fingerprint density at radius 1 is 1.16 bits per heavy atom. The Morgan fingerprint density at radius 2 is 1.84 bits per heavy atom. The van der Waals surface area contributed by atoms with Crippen molar-refractivity contribution < 1.29 is 9.50 Å². The van der Waals surface area contributed by atoms with E-state index in [0.29, 0.717) is 12.0 Å². The highest BCUT2D eigenvalue weighted by Crippen LogP contribution is 2.21. The molecular formula is C16H18FNO. The molecule has 0 saturated carbocycles. The quantitative estimate of drug-likeness (QED) is 0.887. The molecule has 2 aromatic rings. The van der Waals surface area contributed by atoms with E-state index >= 15 is 0 Å². The average molecular weight is 259 g/mol. The fraction of sp³-hybridized carbons (Fsp3) is 0.250. The van der Waals surface area contributed by atoms with Gasteiger partial charge < -0.3 is 10.8 Å². The number of benzene rings is 2. The summed E-state index contributed by atoms with van der Waals surface area (Å²) in [7, 11) is 0. The Kier molecular flexibility index (Phi) is 4.30. The van der Waals surface area contributed by atoms with Crippen LogP contribution in [0, 0.1) is 12.7 Å². The largest absolute Gasteiger partial charge is 0.391 e. The molecule has 0 saturated heterocycles. The second kappa shape index (κ2) is 5.95. The SMILES string of the molecule is Cc1ccc([C@H](N)[C@H](O)Cc2ccccc2)c(F)c1. The number of nitrogens with two attached hydrogens (primary N) is 1. The second-order valence-electron chi connectivity index (χ2n) is 4.81. The van der Waals surface area contributed by atoms with Crippen molar-refractivity contribution in [1.82, 2.24) is 0 Å². The molecule has 3 heteroatoms. The van der Waals surface area contributed by atoms with Gasteiger partial charge in [0.05, 0.1) is 12.1 Å². The molecule has 19 heavy (non-hydrogen) atoms. The summed E-state index contributed by atoms with van der Waals surface area (Å²) in [4.78, 5) is 0. The topological polar surface area (TPSA) is 46.2 Å². The third-order valence-electron chi connectivity index (χ3n) is 3.22. The van der Waals surface area contributed by atoms with Crippen molar-refractivity contribution in [2.75, 3.05) is 0 Å². The lowest BCUT2D eigenvalue weighted by molar-refractivity contribution is 0.143. The summed E-state index contributed by atoms with van der Waals surface area (Å²) < 4.78 is 13.8. The molecule has 2 atom stereocenters. The van der Waals surface area contributed by atoms with Gasteiger partial charge in [0.2, 0.25) is 0 Å². The predicted molar refractivity (Wildman–Crippen MR) is 74.2 cm³/mol. The normalized spacial score (nSPS) is 14.1. The molecule has 0 radical (unpaired) electrons. The monoisotopic (exact) mass is 259 g/mol. The Balaban J connectivity index is 2.12. The van der Waals surface area contributed by atoms with Crippen molar-refractivity contribution in [3.63, 3.8) is 0 Å². The molecule has 0 fully saturated rings. The van der Waals surface area contributed by atoms with Crippen molar-refractivity contribution >= 4 is 0 Å². The standard InChI is InChI=1S/C16H18FNO/c1-11-7-8-13(14(17)9-11)16(18)15(19)10-12-5-3-2-4-6-12/h2-9,15-16,19H,10,18H2,1H3/t15-,16+/m1/s1. The van der Waals surface area contributed by atoms with Gasteiger partial charge in [-0.25, -0.2) is 4.39 Å². The van der Waals surface area contributed by atoms with Gasteiger partial charge in [0.15, 0.2) is 0 Å². The van der Waals surface area contributed by atoms with Crippen molar-refractivity contribution in [3.8, 4) is 0 Å². The molecule has 2 rings (SSSR count). The van der Waals surface area contributed by atoms with E-state index in [-0.39, 0.29) is 5.82 Å². The molecule has 2 nitrogen and oxygen atoms in total. The first-order valence-corrected chi connectivity index (χ1v) is 6.31. The van der Waals surface area contributed by atoms with Crippen LogP contribution in [0.15, 0.2) is 48.5 Å². The number of aliphatic hydroxyl groups is 1. The van der Waals surface area contributed by atoms with Gasteiger partial charge in [0.25, 0.3) is 0 Å². The molecule has 100 valence electrons. The van der Waals surface area contributed by atoms with Crippen molar-refractivity contribution in [1.29, 1.82) is 0 Å². The van der Waals surface area contributed by atoms with Crippen LogP contribution >= 0.6 is 0 Å². The number of rotatable bonds is 4. The van der Waals surface area contributed by atoms with E-state index in [9.17, 15) is 9.50 Å². The first-order chi connectivity index (χ1) is 9.08. The minimum atomic E-state index is -0.806. The number of halogens is 1. The lowest BCUT2D eigenvalue weighted by Crippen LogP contribution is -2.29. The maximum Gasteiger partial charge on any atom is 0.128 e. The van der Waals surface area contributed by atoms with Crippen molar-refractivity contribution in [2.45, 2.75) is 25.5 Å². The third kappa shape index (κ3) is 3.40. The van der Waals surface area contributed by atoms with E-state index in [1.54, 1.807) is 12.1 Å². The van der Waals surface area contributed by atoms with Gasteiger partial charge in [-0.3, -0.25) is 0 Å². The summed E-state index contributed by atoms with van der Waals surface area (Å²) >= 11 is 0. The zero-order chi connectivity index (χ0) is 13.8. The maximum absolute atomic E-state index is 13.8. The summed E-state index contributed by atoms with van der Waals surface area (Å²) in [5, 5.41) is 10.1. The van der Waals surface area contributed by atoms with Crippen molar-refractivity contribution in [3.05, 3.63) is 71.0 Å². The van der Waals surface area contributed by atoms with Crippen LogP contribution in [0.3, 0.4) is 0 Å². The Bertz CT molecular complexity index is 542. The summed E-state index contributed by atoms with van der Waals surface area (Å²) in [6.45, 7) is 1.82. The van der Waals surface area contributed by atoms with Crippen LogP contribution in [0.2, 0.25) is 0 Å². The van der Waals surface area contributed by atoms with Crippen LogP contribution in [-0.4, -0.2) is 11.2 Å². The Morgan fingerprint density at radius 3 is 2.47 bits per heavy atom. The highest BCUT2D eigenvalue weighted by atomic mass is 19.1. The van der Waals surface area contributed by atoms with Gasteiger partial charge in [0.1, 0.15) is 5.82 Å². The van der Waals surface area contributed by atoms with E-state index in [2.05, 4.69) is 0 Å². The lowest BCUT2D eigenvalue weighted by Gasteiger charge is -2.20. The van der Waals surface area contributed by atoms with Gasteiger partial charge in [-0.15, -0.1) is 0 Å². The van der Waals surface area contributed by atoms with Gasteiger partial charge in [-0.05, 0) is 24.1 Å². The van der Waals surface area contributed by atoms with Crippen LogP contribution in [-0.2, 0) is 6.42 Å². The number of hydrogen-bond acceptors (Lipinski definition) is 2. The van der Waals surface area contributed by atoms with E-state index in [1.165, 1.54) is 6.07 Å². The average Bonchev–Trinajstić information content (AvgIpc) is 2.39. The van der Waals surface area contributed by atoms with Crippen LogP contribution in [0.25, 0.3) is 0 Å². The maximum atomic E-state index is 13.8. The van der Waals surface area contributed by atoms with E-state index in [1.807, 2.05) is 37.3 Å². The summed E-state index contributed by atoms with van der Waals surface area (Å²) in [5.74, 6) is -0.361. The molecular weight excluding hydrogens is 241 g/mol. The third-order valence-corrected chi connectivity index (χ3v) is 3.22. The van der Waals surface area contributed by atoms with E-state index < -0.39 is 12.1 Å². The van der Waals surface area contributed by atoms with Gasteiger partial charge in [-0.2, -0.15) is 0 Å². The summed E-state index contributed by atoms with van der Waals surface area (Å²) in [6, 6.07) is 13.7. The Labute approximate surface area is 112 Å². The van der Waals surface area contributed by atoms with Crippen LogP contribution in [0.1, 0.15) is 22.7 Å². The highest BCUT2D eigenvalue weighted by Gasteiger charge is 2.20. The molecule has 0 amide bonds. The minimum Gasteiger partial charge on any atom is -0.391 e. The molecule has 0 aromatic heterocycles. The molecule has 0 heterocycles. The van der Waals surface area contributed by atoms with Crippen molar-refractivity contribution in [2.24, 2.45) is 5.73 Å². The molecule has 0 bridgehead atoms. The first-order valence-electron chi connectivity index (χ1n) is 6.31. The fourth-order valence-electron chi connectivity index (χ4n) is 2.09.